The third kappa shape index (κ3) is 4.08. The number of hydrogen-bond acceptors (Lipinski definition) is 4. The van der Waals surface area contributed by atoms with E-state index >= 15 is 0 Å². The van der Waals surface area contributed by atoms with Crippen LogP contribution in [0.2, 0.25) is 18.1 Å². The molecule has 26 heavy (non-hydrogen) atoms. The highest BCUT2D eigenvalue weighted by Crippen LogP contribution is 2.43. The van der Waals surface area contributed by atoms with E-state index in [4.69, 9.17) is 9.16 Å². The molecule has 0 bridgehead atoms. The summed E-state index contributed by atoms with van der Waals surface area (Å²) in [6.45, 7) is 15.2. The summed E-state index contributed by atoms with van der Waals surface area (Å²) in [5.41, 5.74) is -0.340. The maximum atomic E-state index is 12.5. The molecule has 0 aliphatic carbocycles. The van der Waals surface area contributed by atoms with Crippen molar-refractivity contribution in [3.8, 4) is 0 Å². The molecule has 148 valence electrons. The smallest absolute Gasteiger partial charge is 0.330 e. The Kier molecular flexibility index (Phi) is 6.42. The van der Waals surface area contributed by atoms with Gasteiger partial charge in [0.25, 0.3) is 5.56 Å². The Morgan fingerprint density at radius 2 is 1.96 bits per heavy atom. The SMILES string of the molecule is CC[C@H]1O[C@@H](n2cc(CBr)c(=O)[nH]c2=O)[C@@H](O[Si](C)(C)C(C)(C)C)C1C. The second-order valence-corrected chi connectivity index (χ2v) is 13.9. The van der Waals surface area contributed by atoms with E-state index in [2.05, 4.69) is 68.6 Å². The molecule has 1 aliphatic heterocycles. The zero-order valence-electron chi connectivity index (χ0n) is 16.8. The van der Waals surface area contributed by atoms with Crippen molar-refractivity contribution in [2.45, 2.75) is 82.9 Å². The van der Waals surface area contributed by atoms with Crippen LogP contribution in [0, 0.1) is 5.92 Å². The topological polar surface area (TPSA) is 73.3 Å². The fourth-order valence-corrected chi connectivity index (χ4v) is 4.80. The summed E-state index contributed by atoms with van der Waals surface area (Å²) in [5, 5.41) is 0.425. The molecule has 0 amide bonds. The van der Waals surface area contributed by atoms with Crippen molar-refractivity contribution in [1.29, 1.82) is 0 Å². The van der Waals surface area contributed by atoms with Crippen LogP contribution in [0.3, 0.4) is 0 Å². The Bertz CT molecular complexity index is 753. The van der Waals surface area contributed by atoms with Crippen molar-refractivity contribution in [3.05, 3.63) is 32.6 Å². The summed E-state index contributed by atoms with van der Waals surface area (Å²) in [6.07, 6.45) is 1.69. The minimum Gasteiger partial charge on any atom is -0.409 e. The van der Waals surface area contributed by atoms with Crippen LogP contribution in [0.5, 0.6) is 0 Å². The third-order valence-electron chi connectivity index (χ3n) is 5.80. The van der Waals surface area contributed by atoms with Gasteiger partial charge in [-0.3, -0.25) is 14.3 Å². The maximum Gasteiger partial charge on any atom is 0.330 e. The molecular formula is C18H31BrN2O4Si. The van der Waals surface area contributed by atoms with Crippen LogP contribution in [0.15, 0.2) is 15.8 Å². The van der Waals surface area contributed by atoms with Crippen LogP contribution in [-0.2, 0) is 14.5 Å². The summed E-state index contributed by atoms with van der Waals surface area (Å²) < 4.78 is 14.4. The van der Waals surface area contributed by atoms with Crippen LogP contribution >= 0.6 is 15.9 Å². The van der Waals surface area contributed by atoms with Gasteiger partial charge in [-0.2, -0.15) is 0 Å². The van der Waals surface area contributed by atoms with Crippen molar-refractivity contribution < 1.29 is 9.16 Å². The van der Waals surface area contributed by atoms with Crippen molar-refractivity contribution in [2.75, 3.05) is 0 Å². The predicted molar refractivity (Wildman–Crippen MR) is 109 cm³/mol. The van der Waals surface area contributed by atoms with Crippen molar-refractivity contribution in [2.24, 2.45) is 5.92 Å². The van der Waals surface area contributed by atoms with Gasteiger partial charge in [-0.15, -0.1) is 0 Å². The molecule has 4 atom stereocenters. The number of ether oxygens (including phenoxy) is 1. The Balaban J connectivity index is 2.48. The van der Waals surface area contributed by atoms with E-state index in [9.17, 15) is 9.59 Å². The number of aromatic nitrogens is 2. The van der Waals surface area contributed by atoms with Gasteiger partial charge in [0.15, 0.2) is 14.5 Å². The number of aromatic amines is 1. The van der Waals surface area contributed by atoms with E-state index < -0.39 is 20.2 Å². The van der Waals surface area contributed by atoms with E-state index in [1.165, 1.54) is 4.57 Å². The molecule has 0 radical (unpaired) electrons. The number of alkyl halides is 1. The standard InChI is InChI=1S/C18H31BrN2O4Si/c1-8-13-11(2)14(25-26(6,7)18(3,4)5)16(24-13)21-10-12(9-19)15(22)20-17(21)23/h10-11,13-14,16H,8-9H2,1-7H3,(H,20,22,23)/t11?,13-,14+,16-/m1/s1. The van der Waals surface area contributed by atoms with E-state index in [1.807, 2.05) is 0 Å². The van der Waals surface area contributed by atoms with E-state index in [0.29, 0.717) is 10.9 Å². The normalized spacial score (nSPS) is 27.1. The van der Waals surface area contributed by atoms with Crippen molar-refractivity contribution in [3.63, 3.8) is 0 Å². The molecule has 1 N–H and O–H groups in total. The predicted octanol–water partition coefficient (Wildman–Crippen LogP) is 3.77. The number of halogens is 1. The van der Waals surface area contributed by atoms with E-state index in [1.54, 1.807) is 6.20 Å². The van der Waals surface area contributed by atoms with Gasteiger partial charge in [0.05, 0.1) is 12.2 Å². The molecule has 1 aliphatic rings. The zero-order chi connectivity index (χ0) is 19.9. The molecule has 0 saturated carbocycles. The molecule has 8 heteroatoms. The van der Waals surface area contributed by atoms with Crippen LogP contribution < -0.4 is 11.2 Å². The second kappa shape index (κ2) is 7.73. The fourth-order valence-electron chi connectivity index (χ4n) is 3.04. The Morgan fingerprint density at radius 3 is 2.46 bits per heavy atom. The first-order valence-electron chi connectivity index (χ1n) is 9.16. The number of hydrogen-bond donors (Lipinski definition) is 1. The highest BCUT2D eigenvalue weighted by molar-refractivity contribution is 9.08. The molecule has 1 aromatic heterocycles. The molecule has 6 nitrogen and oxygen atoms in total. The van der Waals surface area contributed by atoms with Gasteiger partial charge in [-0.1, -0.05) is 50.5 Å². The van der Waals surface area contributed by atoms with E-state index in [0.717, 1.165) is 6.42 Å². The van der Waals surface area contributed by atoms with Gasteiger partial charge in [0.2, 0.25) is 0 Å². The molecule has 2 heterocycles. The summed E-state index contributed by atoms with van der Waals surface area (Å²) >= 11 is 3.30. The van der Waals surface area contributed by atoms with Crippen LogP contribution in [-0.4, -0.2) is 30.1 Å². The lowest BCUT2D eigenvalue weighted by molar-refractivity contribution is -0.0372. The summed E-state index contributed by atoms with van der Waals surface area (Å²) in [7, 11) is -2.06. The van der Waals surface area contributed by atoms with Crippen LogP contribution in [0.25, 0.3) is 0 Å². The highest BCUT2D eigenvalue weighted by atomic mass is 79.9. The van der Waals surface area contributed by atoms with Crippen LogP contribution in [0.4, 0.5) is 0 Å². The quantitative estimate of drug-likeness (QED) is 0.551. The number of nitrogens with one attached hydrogen (secondary N) is 1. The van der Waals surface area contributed by atoms with Gasteiger partial charge in [0, 0.05) is 23.0 Å². The van der Waals surface area contributed by atoms with Crippen molar-refractivity contribution in [1.82, 2.24) is 9.55 Å². The Labute approximate surface area is 164 Å². The minimum atomic E-state index is -2.06. The number of rotatable bonds is 5. The summed E-state index contributed by atoms with van der Waals surface area (Å²) in [4.78, 5) is 26.8. The average molecular weight is 447 g/mol. The first-order valence-corrected chi connectivity index (χ1v) is 13.2. The molecule has 0 aromatic carbocycles. The maximum absolute atomic E-state index is 12.5. The van der Waals surface area contributed by atoms with Crippen LogP contribution in [0.1, 0.15) is 52.8 Å². The largest absolute Gasteiger partial charge is 0.409 e. The minimum absolute atomic E-state index is 0.0148. The Hall–Kier alpha value is -0.703. The molecular weight excluding hydrogens is 416 g/mol. The van der Waals surface area contributed by atoms with Gasteiger partial charge in [0.1, 0.15) is 0 Å². The second-order valence-electron chi connectivity index (χ2n) is 8.63. The van der Waals surface area contributed by atoms with E-state index in [-0.39, 0.29) is 28.7 Å². The molecule has 1 aromatic rings. The fraction of sp³-hybridized carbons (Fsp3) is 0.778. The lowest BCUT2D eigenvalue weighted by Crippen LogP contribution is -2.48. The molecule has 2 rings (SSSR count). The lowest BCUT2D eigenvalue weighted by atomic mass is 9.99. The average Bonchev–Trinajstić information content (AvgIpc) is 2.82. The zero-order valence-corrected chi connectivity index (χ0v) is 19.3. The first-order chi connectivity index (χ1) is 11.9. The summed E-state index contributed by atoms with van der Waals surface area (Å²) in [6, 6.07) is 0. The Morgan fingerprint density at radius 1 is 1.35 bits per heavy atom. The van der Waals surface area contributed by atoms with Gasteiger partial charge in [-0.25, -0.2) is 4.79 Å². The number of H-pyrrole nitrogens is 1. The van der Waals surface area contributed by atoms with Gasteiger partial charge in [-0.05, 0) is 24.6 Å². The van der Waals surface area contributed by atoms with Crippen molar-refractivity contribution >= 4 is 24.2 Å². The number of nitrogens with zero attached hydrogens (tertiary/aromatic N) is 1. The highest BCUT2D eigenvalue weighted by Gasteiger charge is 2.48. The molecule has 1 saturated heterocycles. The third-order valence-corrected chi connectivity index (χ3v) is 10.9. The summed E-state index contributed by atoms with van der Waals surface area (Å²) in [5.74, 6) is 0.158. The first kappa shape index (κ1) is 21.6. The lowest BCUT2D eigenvalue weighted by Gasteiger charge is -2.40. The molecule has 1 unspecified atom stereocenters. The monoisotopic (exact) mass is 446 g/mol. The molecule has 1 fully saturated rings. The molecule has 0 spiro atoms. The van der Waals surface area contributed by atoms with Gasteiger partial charge >= 0.3 is 5.69 Å². The van der Waals surface area contributed by atoms with Gasteiger partial charge < -0.3 is 9.16 Å².